The lowest BCUT2D eigenvalue weighted by Gasteiger charge is -2.26. The van der Waals surface area contributed by atoms with Crippen LogP contribution in [0.3, 0.4) is 0 Å². The average Bonchev–Trinajstić information content (AvgIpc) is 2.25. The van der Waals surface area contributed by atoms with Gasteiger partial charge >= 0.3 is 0 Å². The van der Waals surface area contributed by atoms with E-state index in [0.29, 0.717) is 6.04 Å². The Bertz CT molecular complexity index is 320. The van der Waals surface area contributed by atoms with E-state index < -0.39 is 0 Å². The number of thioether (sulfide) groups is 1. The van der Waals surface area contributed by atoms with E-state index in [1.54, 1.807) is 0 Å². The molecule has 1 heterocycles. The first-order valence-corrected chi connectivity index (χ1v) is 7.64. The Kier molecular flexibility index (Phi) is 6.39. The minimum Gasteiger partial charge on any atom is -0.298 e. The molecule has 0 aliphatic heterocycles. The fourth-order valence-electron chi connectivity index (χ4n) is 1.71. The second-order valence-electron chi connectivity index (χ2n) is 3.94. The molecule has 1 rings (SSSR count). The summed E-state index contributed by atoms with van der Waals surface area (Å²) in [4.78, 5) is 6.59. The van der Waals surface area contributed by atoms with Crippen LogP contribution in [-0.4, -0.2) is 35.0 Å². The minimum absolute atomic E-state index is 0.647. The third kappa shape index (κ3) is 4.44. The number of halogens is 1. The second kappa shape index (κ2) is 7.30. The van der Waals surface area contributed by atoms with Crippen molar-refractivity contribution in [3.05, 3.63) is 28.5 Å². The molecular weight excluding hydrogens is 284 g/mol. The minimum atomic E-state index is 0.647. The average molecular weight is 303 g/mol. The molecule has 0 aliphatic rings. The fraction of sp³-hybridized carbons (Fsp3) is 0.583. The van der Waals surface area contributed by atoms with Crippen LogP contribution in [0.25, 0.3) is 0 Å². The van der Waals surface area contributed by atoms with Crippen molar-refractivity contribution < 1.29 is 0 Å². The van der Waals surface area contributed by atoms with Gasteiger partial charge in [-0.3, -0.25) is 9.88 Å². The van der Waals surface area contributed by atoms with E-state index in [1.165, 1.54) is 17.7 Å². The zero-order chi connectivity index (χ0) is 12.0. The third-order valence-corrected chi connectivity index (χ3v) is 3.80. The smallest absolute Gasteiger partial charge is 0.0410 e. The Balaban J connectivity index is 2.58. The van der Waals surface area contributed by atoms with Crippen LogP contribution < -0.4 is 0 Å². The quantitative estimate of drug-likeness (QED) is 0.801. The van der Waals surface area contributed by atoms with Gasteiger partial charge in [0.25, 0.3) is 0 Å². The zero-order valence-corrected chi connectivity index (χ0v) is 12.5. The van der Waals surface area contributed by atoms with E-state index in [9.17, 15) is 0 Å². The van der Waals surface area contributed by atoms with E-state index in [1.807, 2.05) is 24.2 Å². The van der Waals surface area contributed by atoms with Gasteiger partial charge in [-0.15, -0.1) is 0 Å². The van der Waals surface area contributed by atoms with E-state index in [2.05, 4.69) is 52.1 Å². The maximum atomic E-state index is 4.19. The number of nitrogens with zero attached hydrogens (tertiary/aromatic N) is 2. The first-order valence-electron chi connectivity index (χ1n) is 5.46. The molecule has 1 unspecified atom stereocenters. The van der Waals surface area contributed by atoms with Crippen molar-refractivity contribution in [3.8, 4) is 0 Å². The van der Waals surface area contributed by atoms with Crippen molar-refractivity contribution in [2.24, 2.45) is 0 Å². The van der Waals surface area contributed by atoms with Gasteiger partial charge in [-0.25, -0.2) is 0 Å². The highest BCUT2D eigenvalue weighted by Crippen LogP contribution is 2.14. The molecule has 1 aromatic rings. The maximum absolute atomic E-state index is 4.19. The molecule has 0 saturated heterocycles. The number of aromatic nitrogens is 1. The van der Waals surface area contributed by atoms with E-state index in [-0.39, 0.29) is 0 Å². The summed E-state index contributed by atoms with van der Waals surface area (Å²) in [6.07, 6.45) is 7.12. The first-order chi connectivity index (χ1) is 7.67. The van der Waals surface area contributed by atoms with Crippen LogP contribution in [0.1, 0.15) is 18.9 Å². The first kappa shape index (κ1) is 14.0. The lowest BCUT2D eigenvalue weighted by atomic mass is 10.2. The topological polar surface area (TPSA) is 16.1 Å². The summed E-state index contributed by atoms with van der Waals surface area (Å²) in [5.74, 6) is 1.19. The molecule has 16 heavy (non-hydrogen) atoms. The van der Waals surface area contributed by atoms with Gasteiger partial charge in [0.1, 0.15) is 0 Å². The van der Waals surface area contributed by atoms with Crippen LogP contribution in [0.4, 0.5) is 0 Å². The Labute approximate surface area is 111 Å². The molecule has 1 atom stereocenters. The lowest BCUT2D eigenvalue weighted by Crippen LogP contribution is -2.32. The van der Waals surface area contributed by atoms with E-state index in [0.717, 1.165) is 11.0 Å². The van der Waals surface area contributed by atoms with Crippen LogP contribution in [-0.2, 0) is 6.54 Å². The predicted molar refractivity (Wildman–Crippen MR) is 75.9 cm³/mol. The molecule has 0 N–H and O–H groups in total. The number of rotatable bonds is 6. The Morgan fingerprint density at radius 1 is 1.50 bits per heavy atom. The van der Waals surface area contributed by atoms with Crippen LogP contribution in [0.15, 0.2) is 22.9 Å². The molecule has 0 bridgehead atoms. The summed E-state index contributed by atoms with van der Waals surface area (Å²) in [5, 5.41) is 0. The summed E-state index contributed by atoms with van der Waals surface area (Å²) >= 11 is 5.36. The zero-order valence-electron chi connectivity index (χ0n) is 10.1. The predicted octanol–water partition coefficient (Wildman–Crippen LogP) is 3.42. The normalized spacial score (nSPS) is 13.1. The summed E-state index contributed by atoms with van der Waals surface area (Å²) in [6.45, 7) is 3.21. The summed E-state index contributed by atoms with van der Waals surface area (Å²) in [6, 6.07) is 2.78. The van der Waals surface area contributed by atoms with Crippen molar-refractivity contribution in [3.63, 3.8) is 0 Å². The number of pyridine rings is 1. The Hall–Kier alpha value is -0.0600. The Morgan fingerprint density at radius 2 is 2.25 bits per heavy atom. The number of hydrogen-bond donors (Lipinski definition) is 0. The molecule has 90 valence electrons. The second-order valence-corrected chi connectivity index (χ2v) is 5.77. The molecule has 1 aromatic heterocycles. The van der Waals surface area contributed by atoms with Gasteiger partial charge < -0.3 is 0 Å². The maximum Gasteiger partial charge on any atom is 0.0410 e. The van der Waals surface area contributed by atoms with Crippen LogP contribution >= 0.6 is 27.7 Å². The fourth-order valence-corrected chi connectivity index (χ4v) is 3.00. The molecule has 2 nitrogen and oxygen atoms in total. The monoisotopic (exact) mass is 302 g/mol. The van der Waals surface area contributed by atoms with Gasteiger partial charge in [0.15, 0.2) is 0 Å². The van der Waals surface area contributed by atoms with Gasteiger partial charge in [0, 0.05) is 35.2 Å². The molecule has 0 spiro atoms. The van der Waals surface area contributed by atoms with Gasteiger partial charge in [-0.2, -0.15) is 11.8 Å². The lowest BCUT2D eigenvalue weighted by molar-refractivity contribution is 0.247. The van der Waals surface area contributed by atoms with Gasteiger partial charge in [-0.1, -0.05) is 6.92 Å². The Morgan fingerprint density at radius 3 is 2.81 bits per heavy atom. The molecule has 0 fully saturated rings. The highest BCUT2D eigenvalue weighted by atomic mass is 79.9. The SMILES string of the molecule is CCC(CSC)N(C)Cc1cncc(Br)c1. The summed E-state index contributed by atoms with van der Waals surface area (Å²) < 4.78 is 1.05. The molecular formula is C12H19BrN2S. The third-order valence-electron chi connectivity index (χ3n) is 2.65. The summed E-state index contributed by atoms with van der Waals surface area (Å²) in [7, 11) is 2.19. The highest BCUT2D eigenvalue weighted by molar-refractivity contribution is 9.10. The van der Waals surface area contributed by atoms with Crippen LogP contribution in [0, 0.1) is 0 Å². The van der Waals surface area contributed by atoms with Crippen LogP contribution in [0.2, 0.25) is 0 Å². The van der Waals surface area contributed by atoms with Gasteiger partial charge in [-0.05, 0) is 47.3 Å². The van der Waals surface area contributed by atoms with Crippen LogP contribution in [0.5, 0.6) is 0 Å². The molecule has 4 heteroatoms. The highest BCUT2D eigenvalue weighted by Gasteiger charge is 2.12. The van der Waals surface area contributed by atoms with Crippen molar-refractivity contribution in [1.82, 2.24) is 9.88 Å². The van der Waals surface area contributed by atoms with E-state index >= 15 is 0 Å². The molecule has 0 amide bonds. The molecule has 0 aliphatic carbocycles. The molecule has 0 saturated carbocycles. The standard InChI is InChI=1S/C12H19BrN2S/c1-4-12(9-16-3)15(2)8-10-5-11(13)7-14-6-10/h5-7,12H,4,8-9H2,1-3H3. The number of hydrogen-bond acceptors (Lipinski definition) is 3. The van der Waals surface area contributed by atoms with Gasteiger partial charge in [0.05, 0.1) is 0 Å². The van der Waals surface area contributed by atoms with Crippen molar-refractivity contribution in [2.75, 3.05) is 19.1 Å². The van der Waals surface area contributed by atoms with Crippen molar-refractivity contribution in [1.29, 1.82) is 0 Å². The van der Waals surface area contributed by atoms with Crippen molar-refractivity contribution in [2.45, 2.75) is 25.9 Å². The molecule has 0 aromatic carbocycles. The van der Waals surface area contributed by atoms with E-state index in [4.69, 9.17) is 0 Å². The van der Waals surface area contributed by atoms with Gasteiger partial charge in [0.2, 0.25) is 0 Å². The summed E-state index contributed by atoms with van der Waals surface area (Å²) in [5.41, 5.74) is 1.26. The van der Waals surface area contributed by atoms with Crippen molar-refractivity contribution >= 4 is 27.7 Å². The molecule has 0 radical (unpaired) electrons. The largest absolute Gasteiger partial charge is 0.298 e.